The third-order valence-electron chi connectivity index (χ3n) is 4.10. The van der Waals surface area contributed by atoms with Crippen LogP contribution >= 0.6 is 0 Å². The maximum absolute atomic E-state index is 12.5. The first-order chi connectivity index (χ1) is 13.2. The van der Waals surface area contributed by atoms with E-state index in [1.54, 1.807) is 13.8 Å². The fraction of sp³-hybridized carbons (Fsp3) is 0.278. The van der Waals surface area contributed by atoms with Gasteiger partial charge in [0.2, 0.25) is 10.0 Å². The Hall–Kier alpha value is -2.98. The number of methoxy groups -OCH3 is 1. The summed E-state index contributed by atoms with van der Waals surface area (Å²) in [6.45, 7) is 4.20. The van der Waals surface area contributed by atoms with Crippen molar-refractivity contribution in [2.24, 2.45) is 0 Å². The van der Waals surface area contributed by atoms with Gasteiger partial charge in [0.15, 0.2) is 0 Å². The van der Waals surface area contributed by atoms with E-state index < -0.39 is 20.9 Å². The van der Waals surface area contributed by atoms with E-state index in [1.807, 2.05) is 0 Å². The maximum atomic E-state index is 12.5. The van der Waals surface area contributed by atoms with Crippen LogP contribution in [0.1, 0.15) is 24.2 Å². The first-order valence-electron chi connectivity index (χ1n) is 8.48. The number of carbonyl (C=O) groups is 1. The summed E-state index contributed by atoms with van der Waals surface area (Å²) in [6.07, 6.45) is 0. The highest BCUT2D eigenvalue weighted by Crippen LogP contribution is 2.29. The van der Waals surface area contributed by atoms with Crippen LogP contribution in [0, 0.1) is 10.1 Å². The number of nitro benzene ring substituents is 1. The van der Waals surface area contributed by atoms with Gasteiger partial charge < -0.3 is 10.1 Å². The van der Waals surface area contributed by atoms with E-state index in [1.165, 1.54) is 53.9 Å². The van der Waals surface area contributed by atoms with Gasteiger partial charge in [-0.25, -0.2) is 8.42 Å². The van der Waals surface area contributed by atoms with Crippen LogP contribution in [0.25, 0.3) is 0 Å². The van der Waals surface area contributed by atoms with Crippen LogP contribution in [-0.2, 0) is 10.0 Å². The first-order valence-corrected chi connectivity index (χ1v) is 9.92. The lowest BCUT2D eigenvalue weighted by molar-refractivity contribution is -0.384. The normalized spacial score (nSPS) is 11.3. The van der Waals surface area contributed by atoms with Gasteiger partial charge in [-0.1, -0.05) is 13.8 Å². The van der Waals surface area contributed by atoms with Crippen molar-refractivity contribution < 1.29 is 22.9 Å². The van der Waals surface area contributed by atoms with Gasteiger partial charge in [0.1, 0.15) is 5.75 Å². The molecule has 2 rings (SSSR count). The van der Waals surface area contributed by atoms with Crippen molar-refractivity contribution in [2.45, 2.75) is 18.7 Å². The Morgan fingerprint density at radius 3 is 2.25 bits per heavy atom. The molecular weight excluding hydrogens is 386 g/mol. The van der Waals surface area contributed by atoms with Gasteiger partial charge in [-0.3, -0.25) is 14.9 Å². The predicted molar refractivity (Wildman–Crippen MR) is 104 cm³/mol. The summed E-state index contributed by atoms with van der Waals surface area (Å²) in [6, 6.07) is 9.37. The molecule has 28 heavy (non-hydrogen) atoms. The summed E-state index contributed by atoms with van der Waals surface area (Å²) < 4.78 is 31.4. The van der Waals surface area contributed by atoms with Crippen molar-refractivity contribution in [3.05, 3.63) is 58.1 Å². The van der Waals surface area contributed by atoms with Gasteiger partial charge in [0, 0.05) is 24.7 Å². The monoisotopic (exact) mass is 407 g/mol. The summed E-state index contributed by atoms with van der Waals surface area (Å²) in [5.74, 6) is -0.359. The molecule has 0 aliphatic carbocycles. The quantitative estimate of drug-likeness (QED) is 0.531. The number of non-ortho nitro benzene ring substituents is 1. The van der Waals surface area contributed by atoms with Crippen molar-refractivity contribution in [3.63, 3.8) is 0 Å². The van der Waals surface area contributed by atoms with Gasteiger partial charge in [0.05, 0.1) is 28.7 Å². The number of hydrogen-bond acceptors (Lipinski definition) is 6. The van der Waals surface area contributed by atoms with Gasteiger partial charge in [-0.05, 0) is 30.3 Å². The fourth-order valence-corrected chi connectivity index (χ4v) is 4.04. The highest BCUT2D eigenvalue weighted by atomic mass is 32.2. The van der Waals surface area contributed by atoms with E-state index in [0.29, 0.717) is 13.1 Å². The molecule has 1 N–H and O–H groups in total. The number of benzene rings is 2. The number of nitro groups is 1. The SMILES string of the molecule is CCN(CC)S(=O)(=O)c1ccc(C(=O)Nc2ccc([N+](=O)[O-])cc2OC)cc1. The van der Waals surface area contributed by atoms with Crippen LogP contribution < -0.4 is 10.1 Å². The van der Waals surface area contributed by atoms with Crippen molar-refractivity contribution in [3.8, 4) is 5.75 Å². The summed E-state index contributed by atoms with van der Waals surface area (Å²) in [4.78, 5) is 22.8. The third-order valence-corrected chi connectivity index (χ3v) is 6.17. The molecule has 2 aromatic rings. The number of anilines is 1. The summed E-state index contributed by atoms with van der Waals surface area (Å²) in [5.41, 5.74) is 0.331. The second kappa shape index (κ2) is 8.81. The Kier molecular flexibility index (Phi) is 6.71. The first kappa shape index (κ1) is 21.3. The van der Waals surface area contributed by atoms with E-state index in [9.17, 15) is 23.3 Å². The lowest BCUT2D eigenvalue weighted by Gasteiger charge is -2.18. The molecule has 0 atom stereocenters. The zero-order chi connectivity index (χ0) is 20.9. The number of rotatable bonds is 8. The molecule has 0 bridgehead atoms. The van der Waals surface area contributed by atoms with E-state index in [2.05, 4.69) is 5.32 Å². The molecule has 0 fully saturated rings. The second-order valence-corrected chi connectivity index (χ2v) is 7.65. The molecule has 10 heteroatoms. The van der Waals surface area contributed by atoms with Crippen LogP contribution in [-0.4, -0.2) is 43.8 Å². The van der Waals surface area contributed by atoms with Crippen molar-refractivity contribution >= 4 is 27.3 Å². The highest BCUT2D eigenvalue weighted by Gasteiger charge is 2.22. The lowest BCUT2D eigenvalue weighted by atomic mass is 10.2. The van der Waals surface area contributed by atoms with Crippen molar-refractivity contribution in [1.82, 2.24) is 4.31 Å². The average molecular weight is 407 g/mol. The molecule has 150 valence electrons. The number of sulfonamides is 1. The number of hydrogen-bond donors (Lipinski definition) is 1. The van der Waals surface area contributed by atoms with E-state index in [-0.39, 0.29) is 27.6 Å². The number of ether oxygens (including phenoxy) is 1. The largest absolute Gasteiger partial charge is 0.494 e. The Morgan fingerprint density at radius 2 is 1.75 bits per heavy atom. The van der Waals surface area contributed by atoms with E-state index in [4.69, 9.17) is 4.74 Å². The highest BCUT2D eigenvalue weighted by molar-refractivity contribution is 7.89. The average Bonchev–Trinajstić information content (AvgIpc) is 2.68. The number of amides is 1. The molecule has 0 aliphatic heterocycles. The van der Waals surface area contributed by atoms with Crippen LogP contribution in [0.3, 0.4) is 0 Å². The minimum atomic E-state index is -3.61. The molecule has 0 unspecified atom stereocenters. The van der Waals surface area contributed by atoms with Crippen molar-refractivity contribution in [2.75, 3.05) is 25.5 Å². The van der Waals surface area contributed by atoms with E-state index >= 15 is 0 Å². The number of nitrogens with zero attached hydrogens (tertiary/aromatic N) is 2. The minimum Gasteiger partial charge on any atom is -0.494 e. The Morgan fingerprint density at radius 1 is 1.14 bits per heavy atom. The molecule has 0 spiro atoms. The fourth-order valence-electron chi connectivity index (χ4n) is 2.58. The number of carbonyl (C=O) groups excluding carboxylic acids is 1. The van der Waals surface area contributed by atoms with Gasteiger partial charge in [-0.2, -0.15) is 4.31 Å². The summed E-state index contributed by atoms with van der Waals surface area (Å²) in [7, 11) is -2.27. The lowest BCUT2D eigenvalue weighted by Crippen LogP contribution is -2.30. The smallest absolute Gasteiger partial charge is 0.273 e. The molecule has 0 aliphatic rings. The third kappa shape index (κ3) is 4.46. The van der Waals surface area contributed by atoms with E-state index in [0.717, 1.165) is 0 Å². The molecule has 1 amide bonds. The second-order valence-electron chi connectivity index (χ2n) is 5.71. The molecule has 2 aromatic carbocycles. The summed E-state index contributed by atoms with van der Waals surface area (Å²) in [5, 5.41) is 13.4. The summed E-state index contributed by atoms with van der Waals surface area (Å²) >= 11 is 0. The molecule has 0 saturated carbocycles. The van der Waals surface area contributed by atoms with Crippen LogP contribution in [0.4, 0.5) is 11.4 Å². The molecule has 0 aromatic heterocycles. The minimum absolute atomic E-state index is 0.0978. The molecule has 0 heterocycles. The van der Waals surface area contributed by atoms with Crippen LogP contribution in [0.5, 0.6) is 5.75 Å². The Balaban J connectivity index is 2.23. The molecule has 0 radical (unpaired) electrons. The standard InChI is InChI=1S/C18H21N3O6S/c1-4-20(5-2)28(25,26)15-9-6-13(7-10-15)18(22)19-16-11-8-14(21(23)24)12-17(16)27-3/h6-12H,4-5H2,1-3H3,(H,19,22). The zero-order valence-electron chi connectivity index (χ0n) is 15.7. The van der Waals surface area contributed by atoms with Crippen LogP contribution in [0.2, 0.25) is 0 Å². The van der Waals surface area contributed by atoms with Crippen LogP contribution in [0.15, 0.2) is 47.4 Å². The van der Waals surface area contributed by atoms with Gasteiger partial charge >= 0.3 is 0 Å². The van der Waals surface area contributed by atoms with Crippen molar-refractivity contribution in [1.29, 1.82) is 0 Å². The zero-order valence-corrected chi connectivity index (χ0v) is 16.5. The Bertz CT molecular complexity index is 969. The van der Waals surface area contributed by atoms with Gasteiger partial charge in [-0.15, -0.1) is 0 Å². The Labute approximate surface area is 163 Å². The maximum Gasteiger partial charge on any atom is 0.273 e. The molecule has 9 nitrogen and oxygen atoms in total. The predicted octanol–water partition coefficient (Wildman–Crippen LogP) is 2.89. The number of nitrogens with one attached hydrogen (secondary N) is 1. The molecular formula is C18H21N3O6S. The topological polar surface area (TPSA) is 119 Å². The molecule has 0 saturated heterocycles. The van der Waals surface area contributed by atoms with Gasteiger partial charge in [0.25, 0.3) is 11.6 Å².